The van der Waals surface area contributed by atoms with Gasteiger partial charge in [0, 0.05) is 24.3 Å². The Bertz CT molecular complexity index is 843. The van der Waals surface area contributed by atoms with E-state index in [0.717, 1.165) is 0 Å². The number of nitrogens with one attached hydrogen (secondary N) is 2. The number of halogens is 1. The SMILES string of the molecule is N#C/C(=C/Nc1ncc(Br)cn1)C(=O)Nc1cccc(C(=O)O)c1. The summed E-state index contributed by atoms with van der Waals surface area (Å²) in [7, 11) is 0. The van der Waals surface area contributed by atoms with E-state index in [1.165, 1.54) is 42.9 Å². The first-order valence-electron chi connectivity index (χ1n) is 6.48. The van der Waals surface area contributed by atoms with Crippen LogP contribution in [0.3, 0.4) is 0 Å². The third kappa shape index (κ3) is 4.62. The largest absolute Gasteiger partial charge is 0.478 e. The number of benzene rings is 1. The van der Waals surface area contributed by atoms with Crippen molar-refractivity contribution < 1.29 is 14.7 Å². The van der Waals surface area contributed by atoms with Crippen molar-refractivity contribution in [3.05, 3.63) is 58.5 Å². The molecule has 0 saturated heterocycles. The van der Waals surface area contributed by atoms with Crippen LogP contribution in [0.4, 0.5) is 11.6 Å². The third-order valence-electron chi connectivity index (χ3n) is 2.70. The lowest BCUT2D eigenvalue weighted by Crippen LogP contribution is -2.15. The van der Waals surface area contributed by atoms with Crippen LogP contribution in [0, 0.1) is 11.3 Å². The highest BCUT2D eigenvalue weighted by atomic mass is 79.9. The average molecular weight is 388 g/mol. The molecule has 0 aliphatic heterocycles. The molecule has 2 rings (SSSR count). The summed E-state index contributed by atoms with van der Waals surface area (Å²) in [5.41, 5.74) is 0.0693. The normalized spacial score (nSPS) is 10.6. The highest BCUT2D eigenvalue weighted by Gasteiger charge is 2.11. The zero-order chi connectivity index (χ0) is 17.5. The molecule has 0 radical (unpaired) electrons. The fourth-order valence-electron chi connectivity index (χ4n) is 1.60. The van der Waals surface area contributed by atoms with Crippen LogP contribution in [0.1, 0.15) is 10.4 Å². The van der Waals surface area contributed by atoms with Crippen LogP contribution in [0.15, 0.2) is 52.9 Å². The van der Waals surface area contributed by atoms with E-state index in [9.17, 15) is 9.59 Å². The zero-order valence-electron chi connectivity index (χ0n) is 12.0. The maximum Gasteiger partial charge on any atom is 0.335 e. The van der Waals surface area contributed by atoms with Crippen molar-refractivity contribution in [1.82, 2.24) is 9.97 Å². The Morgan fingerprint density at radius 3 is 2.62 bits per heavy atom. The molecule has 0 aliphatic rings. The van der Waals surface area contributed by atoms with Gasteiger partial charge in [-0.15, -0.1) is 0 Å². The number of nitrogens with zero attached hydrogens (tertiary/aromatic N) is 3. The minimum atomic E-state index is -1.11. The van der Waals surface area contributed by atoms with Gasteiger partial charge in [-0.3, -0.25) is 4.79 Å². The number of rotatable bonds is 5. The standard InChI is InChI=1S/C15H10BrN5O3/c16-11-7-19-15(20-8-11)18-6-10(5-17)13(22)21-12-3-1-2-9(4-12)14(23)24/h1-4,6-8H,(H,21,22)(H,23,24)(H,18,19,20)/b10-6-. The van der Waals surface area contributed by atoms with E-state index in [2.05, 4.69) is 36.5 Å². The summed E-state index contributed by atoms with van der Waals surface area (Å²) in [5.74, 6) is -1.59. The fourth-order valence-corrected chi connectivity index (χ4v) is 1.81. The highest BCUT2D eigenvalue weighted by Crippen LogP contribution is 2.12. The number of carboxylic acids is 1. The molecule has 24 heavy (non-hydrogen) atoms. The van der Waals surface area contributed by atoms with E-state index in [1.807, 2.05) is 0 Å². The molecule has 0 unspecified atom stereocenters. The van der Waals surface area contributed by atoms with Crippen molar-refractivity contribution in [2.45, 2.75) is 0 Å². The molecule has 1 aromatic carbocycles. The second-order valence-electron chi connectivity index (χ2n) is 4.38. The van der Waals surface area contributed by atoms with Gasteiger partial charge >= 0.3 is 5.97 Å². The summed E-state index contributed by atoms with van der Waals surface area (Å²) in [5, 5.41) is 23.1. The molecule has 0 aliphatic carbocycles. The van der Waals surface area contributed by atoms with Gasteiger partial charge in [0.15, 0.2) is 0 Å². The minimum absolute atomic E-state index is 0.0247. The van der Waals surface area contributed by atoms with Crippen LogP contribution < -0.4 is 10.6 Å². The Labute approximate surface area is 145 Å². The van der Waals surface area contributed by atoms with E-state index >= 15 is 0 Å². The van der Waals surface area contributed by atoms with Gasteiger partial charge in [0.05, 0.1) is 10.0 Å². The number of anilines is 2. The summed E-state index contributed by atoms with van der Waals surface area (Å²) >= 11 is 3.19. The molecular formula is C15H10BrN5O3. The minimum Gasteiger partial charge on any atom is -0.478 e. The molecule has 0 atom stereocenters. The van der Waals surface area contributed by atoms with Gasteiger partial charge in [-0.2, -0.15) is 5.26 Å². The lowest BCUT2D eigenvalue weighted by Gasteiger charge is -2.05. The van der Waals surface area contributed by atoms with Crippen LogP contribution in [-0.2, 0) is 4.79 Å². The van der Waals surface area contributed by atoms with Crippen molar-refractivity contribution >= 4 is 39.4 Å². The topological polar surface area (TPSA) is 128 Å². The van der Waals surface area contributed by atoms with E-state index < -0.39 is 11.9 Å². The van der Waals surface area contributed by atoms with E-state index in [-0.39, 0.29) is 22.8 Å². The Morgan fingerprint density at radius 2 is 2.00 bits per heavy atom. The molecule has 8 nitrogen and oxygen atoms in total. The number of carbonyl (C=O) groups excluding carboxylic acids is 1. The van der Waals surface area contributed by atoms with Crippen molar-refractivity contribution in [2.24, 2.45) is 0 Å². The van der Waals surface area contributed by atoms with Crippen LogP contribution in [0.5, 0.6) is 0 Å². The van der Waals surface area contributed by atoms with Crippen LogP contribution in [0.25, 0.3) is 0 Å². The predicted molar refractivity (Wildman–Crippen MR) is 89.1 cm³/mol. The molecule has 120 valence electrons. The van der Waals surface area contributed by atoms with Crippen LogP contribution in [-0.4, -0.2) is 27.0 Å². The molecule has 0 bridgehead atoms. The molecule has 9 heteroatoms. The van der Waals surface area contributed by atoms with Gasteiger partial charge in [0.25, 0.3) is 5.91 Å². The molecule has 0 saturated carbocycles. The summed E-state index contributed by atoms with van der Waals surface area (Å²) in [6, 6.07) is 7.44. The van der Waals surface area contributed by atoms with Crippen molar-refractivity contribution in [2.75, 3.05) is 10.6 Å². The molecular weight excluding hydrogens is 378 g/mol. The van der Waals surface area contributed by atoms with Gasteiger partial charge in [0.1, 0.15) is 11.6 Å². The quantitative estimate of drug-likeness (QED) is 0.530. The molecule has 1 aromatic heterocycles. The van der Waals surface area contributed by atoms with E-state index in [4.69, 9.17) is 10.4 Å². The molecule has 3 N–H and O–H groups in total. The van der Waals surface area contributed by atoms with Gasteiger partial charge in [0.2, 0.25) is 5.95 Å². The Hall–Kier alpha value is -3.25. The Kier molecular flexibility index (Phi) is 5.59. The molecule has 0 fully saturated rings. The number of nitriles is 1. The monoisotopic (exact) mass is 387 g/mol. The maximum absolute atomic E-state index is 12.1. The number of hydrogen-bond acceptors (Lipinski definition) is 6. The lowest BCUT2D eigenvalue weighted by atomic mass is 10.2. The van der Waals surface area contributed by atoms with Crippen molar-refractivity contribution in [3.8, 4) is 6.07 Å². The van der Waals surface area contributed by atoms with Crippen LogP contribution >= 0.6 is 15.9 Å². The van der Waals surface area contributed by atoms with Crippen LogP contribution in [0.2, 0.25) is 0 Å². The van der Waals surface area contributed by atoms with E-state index in [1.54, 1.807) is 6.07 Å². The van der Waals surface area contributed by atoms with Crippen molar-refractivity contribution in [3.63, 3.8) is 0 Å². The summed E-state index contributed by atoms with van der Waals surface area (Å²) in [4.78, 5) is 30.8. The lowest BCUT2D eigenvalue weighted by molar-refractivity contribution is -0.112. The van der Waals surface area contributed by atoms with Gasteiger partial charge in [-0.05, 0) is 34.1 Å². The highest BCUT2D eigenvalue weighted by molar-refractivity contribution is 9.10. The number of amides is 1. The average Bonchev–Trinajstić information content (AvgIpc) is 2.57. The molecule has 2 aromatic rings. The number of hydrogen-bond donors (Lipinski definition) is 3. The molecule has 1 amide bonds. The summed E-state index contributed by atoms with van der Waals surface area (Å²) in [6.07, 6.45) is 4.18. The fraction of sp³-hybridized carbons (Fsp3) is 0. The summed E-state index contributed by atoms with van der Waals surface area (Å²) < 4.78 is 0.689. The van der Waals surface area contributed by atoms with Gasteiger partial charge in [-0.1, -0.05) is 6.07 Å². The summed E-state index contributed by atoms with van der Waals surface area (Å²) in [6.45, 7) is 0. The number of carbonyl (C=O) groups is 2. The second-order valence-corrected chi connectivity index (χ2v) is 5.29. The van der Waals surface area contributed by atoms with Gasteiger partial charge < -0.3 is 15.7 Å². The Morgan fingerprint density at radius 1 is 1.29 bits per heavy atom. The second kappa shape index (κ2) is 7.85. The van der Waals surface area contributed by atoms with E-state index in [0.29, 0.717) is 4.47 Å². The Balaban J connectivity index is 2.10. The molecule has 1 heterocycles. The first-order chi connectivity index (χ1) is 11.5. The third-order valence-corrected chi connectivity index (χ3v) is 3.11. The first-order valence-corrected chi connectivity index (χ1v) is 7.28. The number of aromatic carboxylic acids is 1. The number of aromatic nitrogens is 2. The maximum atomic E-state index is 12.1. The predicted octanol–water partition coefficient (Wildman–Crippen LogP) is 2.40. The zero-order valence-corrected chi connectivity index (χ0v) is 13.6. The van der Waals surface area contributed by atoms with Gasteiger partial charge in [-0.25, -0.2) is 14.8 Å². The smallest absolute Gasteiger partial charge is 0.335 e. The first kappa shape index (κ1) is 17.1. The molecule has 0 spiro atoms. The van der Waals surface area contributed by atoms with Crippen molar-refractivity contribution in [1.29, 1.82) is 5.26 Å². The number of carboxylic acid groups (broad SMARTS) is 1.